The first kappa shape index (κ1) is 17.9. The third-order valence-corrected chi connectivity index (χ3v) is 3.27. The van der Waals surface area contributed by atoms with E-state index in [0.717, 1.165) is 10.2 Å². The first-order valence-electron chi connectivity index (χ1n) is 6.66. The summed E-state index contributed by atoms with van der Waals surface area (Å²) >= 11 is 3.20. The monoisotopic (exact) mass is 362 g/mol. The van der Waals surface area contributed by atoms with Gasteiger partial charge in [0.2, 0.25) is 0 Å². The number of benzene rings is 2. The lowest BCUT2D eigenvalue weighted by Crippen LogP contribution is -2.04. The van der Waals surface area contributed by atoms with Crippen LogP contribution in [0.15, 0.2) is 51.9 Å². The van der Waals surface area contributed by atoms with Crippen molar-refractivity contribution in [3.8, 4) is 0 Å². The Hall–Kier alpha value is -2.14. The number of nitrogens with two attached hydrogens (primary N) is 1. The highest BCUT2D eigenvalue weighted by Crippen LogP contribution is 2.18. The minimum atomic E-state index is -0.896. The van der Waals surface area contributed by atoms with Crippen LogP contribution in [0.4, 0.5) is 5.69 Å². The smallest absolute Gasteiger partial charge is 0.335 e. The average Bonchev–Trinajstić information content (AvgIpc) is 2.43. The van der Waals surface area contributed by atoms with Gasteiger partial charge in [-0.15, -0.1) is 0 Å². The van der Waals surface area contributed by atoms with Crippen molar-refractivity contribution in [2.75, 3.05) is 0 Å². The first-order valence-corrected chi connectivity index (χ1v) is 7.46. The summed E-state index contributed by atoms with van der Waals surface area (Å²) in [6.45, 7) is 5.89. The van der Waals surface area contributed by atoms with Gasteiger partial charge in [-0.2, -0.15) is 0 Å². The van der Waals surface area contributed by atoms with Crippen LogP contribution in [0, 0.1) is 13.8 Å². The van der Waals surface area contributed by atoms with Gasteiger partial charge in [0.25, 0.3) is 0 Å². The third kappa shape index (κ3) is 6.10. The summed E-state index contributed by atoms with van der Waals surface area (Å²) in [7, 11) is 0. The van der Waals surface area contributed by atoms with Crippen molar-refractivity contribution in [2.24, 2.45) is 10.7 Å². The highest BCUT2D eigenvalue weighted by atomic mass is 79.9. The number of carboxylic acid groups (broad SMARTS) is 1. The molecule has 0 spiro atoms. The Morgan fingerprint density at radius 3 is 2.18 bits per heavy atom. The molecule has 4 nitrogen and oxygen atoms in total. The van der Waals surface area contributed by atoms with Crippen LogP contribution >= 0.6 is 15.9 Å². The van der Waals surface area contributed by atoms with Crippen LogP contribution in [0.3, 0.4) is 0 Å². The fourth-order valence-corrected chi connectivity index (χ4v) is 1.98. The van der Waals surface area contributed by atoms with E-state index in [4.69, 9.17) is 10.8 Å². The predicted molar refractivity (Wildman–Crippen MR) is 94.0 cm³/mol. The molecule has 2 aromatic carbocycles. The van der Waals surface area contributed by atoms with Crippen molar-refractivity contribution in [1.29, 1.82) is 0 Å². The van der Waals surface area contributed by atoms with E-state index < -0.39 is 5.97 Å². The van der Waals surface area contributed by atoms with E-state index in [1.54, 1.807) is 31.2 Å². The number of aryl methyl sites for hydroxylation is 2. The van der Waals surface area contributed by atoms with E-state index >= 15 is 0 Å². The Bertz CT molecular complexity index is 676. The molecule has 0 amide bonds. The van der Waals surface area contributed by atoms with Crippen molar-refractivity contribution >= 4 is 33.4 Å². The van der Waals surface area contributed by atoms with Gasteiger partial charge in [-0.3, -0.25) is 0 Å². The number of halogens is 1. The number of nitrogens with zero attached hydrogens (tertiary/aromatic N) is 1. The summed E-state index contributed by atoms with van der Waals surface area (Å²) in [4.78, 5) is 14.5. The molecule has 116 valence electrons. The maximum atomic E-state index is 10.3. The van der Waals surface area contributed by atoms with Gasteiger partial charge in [0.05, 0.1) is 17.1 Å². The molecule has 0 saturated heterocycles. The van der Waals surface area contributed by atoms with Gasteiger partial charge in [-0.1, -0.05) is 33.6 Å². The molecule has 2 rings (SSSR count). The molecule has 0 atom stereocenters. The van der Waals surface area contributed by atoms with E-state index in [2.05, 4.69) is 33.9 Å². The number of amidine groups is 1. The van der Waals surface area contributed by atoms with Crippen molar-refractivity contribution in [3.63, 3.8) is 0 Å². The molecule has 0 aromatic heterocycles. The van der Waals surface area contributed by atoms with E-state index in [1.807, 2.05) is 19.1 Å². The van der Waals surface area contributed by atoms with Gasteiger partial charge in [-0.25, -0.2) is 9.79 Å². The molecule has 0 bridgehead atoms. The van der Waals surface area contributed by atoms with Gasteiger partial charge in [0.15, 0.2) is 0 Å². The van der Waals surface area contributed by atoms with Crippen molar-refractivity contribution < 1.29 is 9.90 Å². The van der Waals surface area contributed by atoms with Gasteiger partial charge in [0, 0.05) is 4.47 Å². The molecule has 2 aromatic rings. The molecule has 5 heteroatoms. The summed E-state index contributed by atoms with van der Waals surface area (Å²) < 4.78 is 0.887. The van der Waals surface area contributed by atoms with E-state index in [9.17, 15) is 4.79 Å². The van der Waals surface area contributed by atoms with Crippen LogP contribution in [0.25, 0.3) is 0 Å². The molecule has 0 unspecified atom stereocenters. The number of rotatable bonds is 2. The van der Waals surface area contributed by atoms with Crippen LogP contribution in [-0.2, 0) is 0 Å². The molecule has 0 aliphatic heterocycles. The zero-order valence-electron chi connectivity index (χ0n) is 12.8. The second-order valence-corrected chi connectivity index (χ2v) is 5.77. The molecule has 0 aliphatic carbocycles. The van der Waals surface area contributed by atoms with E-state index in [0.29, 0.717) is 11.4 Å². The molecular formula is C17H19BrN2O2. The van der Waals surface area contributed by atoms with Crippen molar-refractivity contribution in [1.82, 2.24) is 0 Å². The Labute approximate surface area is 138 Å². The van der Waals surface area contributed by atoms with Gasteiger partial charge in [0.1, 0.15) is 0 Å². The predicted octanol–water partition coefficient (Wildman–Crippen LogP) is 4.46. The van der Waals surface area contributed by atoms with E-state index in [1.165, 1.54) is 11.1 Å². The standard InChI is InChI=1S/C10H14N2.C7H5BrO2/c1-7-4-5-10(8(2)6-7)12-9(3)11;8-6-3-1-5(2-4-6)7(9)10/h4-6H,1-3H3,(H2,11,12);1-4H,(H,9,10). The van der Waals surface area contributed by atoms with Gasteiger partial charge >= 0.3 is 5.97 Å². The largest absolute Gasteiger partial charge is 0.478 e. The molecule has 0 radical (unpaired) electrons. The lowest BCUT2D eigenvalue weighted by atomic mass is 10.1. The first-order chi connectivity index (χ1) is 10.3. The lowest BCUT2D eigenvalue weighted by molar-refractivity contribution is 0.0697. The third-order valence-electron chi connectivity index (χ3n) is 2.74. The molecule has 3 N–H and O–H groups in total. The minimum Gasteiger partial charge on any atom is -0.478 e. The summed E-state index contributed by atoms with van der Waals surface area (Å²) in [6.07, 6.45) is 0. The number of carboxylic acids is 1. The number of hydrogen-bond acceptors (Lipinski definition) is 2. The maximum Gasteiger partial charge on any atom is 0.335 e. The SMILES string of the molecule is CC(N)=Nc1ccc(C)cc1C.O=C(O)c1ccc(Br)cc1. The van der Waals surface area contributed by atoms with Crippen LogP contribution in [0.5, 0.6) is 0 Å². The minimum absolute atomic E-state index is 0.309. The normalized spacial score (nSPS) is 10.6. The quantitative estimate of drug-likeness (QED) is 0.611. The number of aliphatic imine (C=N–C) groups is 1. The Kier molecular flexibility index (Phi) is 6.79. The Balaban J connectivity index is 0.000000224. The molecule has 0 fully saturated rings. The zero-order chi connectivity index (χ0) is 16.7. The highest BCUT2D eigenvalue weighted by Gasteiger charge is 1.99. The van der Waals surface area contributed by atoms with Crippen LogP contribution < -0.4 is 5.73 Å². The molecule has 0 aliphatic rings. The Morgan fingerprint density at radius 2 is 1.73 bits per heavy atom. The fourth-order valence-electron chi connectivity index (χ4n) is 1.71. The maximum absolute atomic E-state index is 10.3. The number of hydrogen-bond donors (Lipinski definition) is 2. The Morgan fingerprint density at radius 1 is 1.14 bits per heavy atom. The second-order valence-electron chi connectivity index (χ2n) is 4.86. The fraction of sp³-hybridized carbons (Fsp3) is 0.176. The van der Waals surface area contributed by atoms with Gasteiger partial charge < -0.3 is 10.8 Å². The molecular weight excluding hydrogens is 344 g/mol. The number of aromatic carboxylic acids is 1. The van der Waals surface area contributed by atoms with E-state index in [-0.39, 0.29) is 0 Å². The summed E-state index contributed by atoms with van der Waals surface area (Å²) in [5.74, 6) is -0.297. The highest BCUT2D eigenvalue weighted by molar-refractivity contribution is 9.10. The molecule has 0 heterocycles. The zero-order valence-corrected chi connectivity index (χ0v) is 14.4. The van der Waals surface area contributed by atoms with Gasteiger partial charge in [-0.05, 0) is 56.7 Å². The van der Waals surface area contributed by atoms with Crippen LogP contribution in [-0.4, -0.2) is 16.9 Å². The van der Waals surface area contributed by atoms with Crippen LogP contribution in [0.2, 0.25) is 0 Å². The molecule has 0 saturated carbocycles. The van der Waals surface area contributed by atoms with Crippen molar-refractivity contribution in [3.05, 3.63) is 63.6 Å². The molecule has 22 heavy (non-hydrogen) atoms. The summed E-state index contributed by atoms with van der Waals surface area (Å²) in [5, 5.41) is 8.46. The number of carbonyl (C=O) groups is 1. The summed E-state index contributed by atoms with van der Waals surface area (Å²) in [6, 6.07) is 12.6. The average molecular weight is 363 g/mol. The van der Waals surface area contributed by atoms with Crippen molar-refractivity contribution in [2.45, 2.75) is 20.8 Å². The van der Waals surface area contributed by atoms with Crippen LogP contribution in [0.1, 0.15) is 28.4 Å². The lowest BCUT2D eigenvalue weighted by Gasteiger charge is -2.01. The summed E-state index contributed by atoms with van der Waals surface area (Å²) in [5.41, 5.74) is 9.17. The topological polar surface area (TPSA) is 75.7 Å². The second kappa shape index (κ2) is 8.34.